The first-order chi connectivity index (χ1) is 12.6. The maximum atomic E-state index is 12.5. The first-order valence-electron chi connectivity index (χ1n) is 9.96. The van der Waals surface area contributed by atoms with Crippen molar-refractivity contribution in [2.75, 3.05) is 26.4 Å². The van der Waals surface area contributed by atoms with Crippen LogP contribution in [0.4, 0.5) is 0 Å². The lowest BCUT2D eigenvalue weighted by Gasteiger charge is -2.38. The molecule has 27 heavy (non-hydrogen) atoms. The zero-order chi connectivity index (χ0) is 18.4. The fraction of sp³-hybridized carbons (Fsp3) is 0.667. The van der Waals surface area contributed by atoms with E-state index in [4.69, 9.17) is 15.2 Å². The fourth-order valence-electron chi connectivity index (χ4n) is 4.30. The molecule has 0 radical (unpaired) electrons. The number of rotatable bonds is 7. The summed E-state index contributed by atoms with van der Waals surface area (Å²) in [6, 6.07) is 8.50. The topological polar surface area (TPSA) is 73.6 Å². The van der Waals surface area contributed by atoms with E-state index < -0.39 is 0 Å². The molecule has 0 spiro atoms. The number of hydrogen-bond donors (Lipinski definition) is 2. The second kappa shape index (κ2) is 10.3. The highest BCUT2D eigenvalue weighted by Gasteiger charge is 2.35. The van der Waals surface area contributed by atoms with E-state index in [2.05, 4.69) is 17.4 Å². The minimum atomic E-state index is -0.0591. The zero-order valence-electron chi connectivity index (χ0n) is 16.2. The predicted molar refractivity (Wildman–Crippen MR) is 110 cm³/mol. The maximum absolute atomic E-state index is 12.5. The van der Waals surface area contributed by atoms with Gasteiger partial charge in [0.25, 0.3) is 0 Å². The third-order valence-corrected chi connectivity index (χ3v) is 6.02. The van der Waals surface area contributed by atoms with Gasteiger partial charge >= 0.3 is 0 Å². The molecule has 1 aromatic carbocycles. The van der Waals surface area contributed by atoms with E-state index in [0.29, 0.717) is 25.5 Å². The van der Waals surface area contributed by atoms with Crippen LogP contribution in [-0.4, -0.2) is 38.3 Å². The van der Waals surface area contributed by atoms with Crippen molar-refractivity contribution in [3.63, 3.8) is 0 Å². The molecule has 2 aliphatic rings. The van der Waals surface area contributed by atoms with Gasteiger partial charge in [-0.05, 0) is 56.2 Å². The van der Waals surface area contributed by atoms with Crippen molar-refractivity contribution in [3.05, 3.63) is 29.8 Å². The Morgan fingerprint density at radius 1 is 1.26 bits per heavy atom. The quantitative estimate of drug-likeness (QED) is 0.742. The van der Waals surface area contributed by atoms with Crippen LogP contribution in [0.1, 0.15) is 51.0 Å². The van der Waals surface area contributed by atoms with E-state index in [1.165, 1.54) is 5.56 Å². The van der Waals surface area contributed by atoms with Crippen molar-refractivity contribution in [2.24, 2.45) is 11.7 Å². The van der Waals surface area contributed by atoms with Crippen LogP contribution in [0, 0.1) is 5.92 Å². The fourth-order valence-corrected chi connectivity index (χ4v) is 4.30. The number of nitrogens with one attached hydrogen (secondary N) is 1. The summed E-state index contributed by atoms with van der Waals surface area (Å²) in [5, 5.41) is 3.20. The molecule has 1 aliphatic heterocycles. The van der Waals surface area contributed by atoms with Crippen molar-refractivity contribution < 1.29 is 14.3 Å². The molecule has 6 heteroatoms. The van der Waals surface area contributed by atoms with Crippen LogP contribution in [-0.2, 0) is 14.9 Å². The summed E-state index contributed by atoms with van der Waals surface area (Å²) in [5.74, 6) is 1.35. The smallest absolute Gasteiger partial charge is 0.220 e. The molecule has 0 unspecified atom stereocenters. The highest BCUT2D eigenvalue weighted by atomic mass is 35.5. The largest absolute Gasteiger partial charge is 0.494 e. The first kappa shape index (κ1) is 22.0. The molecular weight excluding hydrogens is 364 g/mol. The van der Waals surface area contributed by atoms with E-state index in [9.17, 15) is 4.79 Å². The van der Waals surface area contributed by atoms with Crippen molar-refractivity contribution in [1.82, 2.24) is 5.32 Å². The Morgan fingerprint density at radius 2 is 1.96 bits per heavy atom. The normalized spacial score (nSPS) is 24.1. The van der Waals surface area contributed by atoms with Crippen LogP contribution in [0.3, 0.4) is 0 Å². The molecule has 1 aromatic rings. The van der Waals surface area contributed by atoms with Gasteiger partial charge in [-0.15, -0.1) is 12.4 Å². The van der Waals surface area contributed by atoms with E-state index in [1.807, 2.05) is 19.1 Å². The Hall–Kier alpha value is -1.30. The Labute approximate surface area is 168 Å². The molecule has 2 atom stereocenters. The lowest BCUT2D eigenvalue weighted by Crippen LogP contribution is -2.45. The van der Waals surface area contributed by atoms with Crippen molar-refractivity contribution in [2.45, 2.75) is 56.9 Å². The Bertz CT molecular complexity index is 588. The van der Waals surface area contributed by atoms with Gasteiger partial charge in [-0.2, -0.15) is 0 Å². The summed E-state index contributed by atoms with van der Waals surface area (Å²) < 4.78 is 11.1. The third-order valence-electron chi connectivity index (χ3n) is 6.02. The maximum Gasteiger partial charge on any atom is 0.220 e. The highest BCUT2D eigenvalue weighted by molar-refractivity contribution is 5.85. The minimum absolute atomic E-state index is 0. The molecular formula is C21H33ClN2O3. The highest BCUT2D eigenvalue weighted by Crippen LogP contribution is 2.35. The summed E-state index contributed by atoms with van der Waals surface area (Å²) in [4.78, 5) is 12.5. The zero-order valence-corrected chi connectivity index (χ0v) is 17.1. The third kappa shape index (κ3) is 5.59. The van der Waals surface area contributed by atoms with Crippen molar-refractivity contribution in [3.8, 4) is 5.75 Å². The van der Waals surface area contributed by atoms with Crippen LogP contribution in [0.15, 0.2) is 24.3 Å². The second-order valence-electron chi connectivity index (χ2n) is 7.69. The van der Waals surface area contributed by atoms with Gasteiger partial charge in [0.05, 0.1) is 6.61 Å². The number of halogens is 1. The number of ether oxygens (including phenoxy) is 2. The Morgan fingerprint density at radius 3 is 2.56 bits per heavy atom. The summed E-state index contributed by atoms with van der Waals surface area (Å²) in [7, 11) is 0. The number of carbonyl (C=O) groups is 1. The SMILES string of the molecule is CCOc1ccc(C2(CNC(=O)C[C@@H]3CCC[C@H]3N)CCOCC2)cc1.Cl. The molecule has 5 nitrogen and oxygen atoms in total. The van der Waals surface area contributed by atoms with Crippen molar-refractivity contribution >= 4 is 18.3 Å². The van der Waals surface area contributed by atoms with Crippen LogP contribution in [0.25, 0.3) is 0 Å². The van der Waals surface area contributed by atoms with Crippen molar-refractivity contribution in [1.29, 1.82) is 0 Å². The molecule has 1 amide bonds. The van der Waals surface area contributed by atoms with Gasteiger partial charge in [0, 0.05) is 37.6 Å². The molecule has 1 saturated heterocycles. The molecule has 0 bridgehead atoms. The van der Waals surface area contributed by atoms with Gasteiger partial charge in [0.15, 0.2) is 0 Å². The van der Waals surface area contributed by atoms with E-state index in [-0.39, 0.29) is 29.8 Å². The van der Waals surface area contributed by atoms with Gasteiger partial charge in [0.2, 0.25) is 5.91 Å². The average molecular weight is 397 g/mol. The van der Waals surface area contributed by atoms with Gasteiger partial charge in [-0.3, -0.25) is 4.79 Å². The second-order valence-corrected chi connectivity index (χ2v) is 7.69. The van der Waals surface area contributed by atoms with Gasteiger partial charge in [0.1, 0.15) is 5.75 Å². The molecule has 1 aliphatic carbocycles. The monoisotopic (exact) mass is 396 g/mol. The predicted octanol–water partition coefficient (Wildman–Crippen LogP) is 3.19. The number of benzene rings is 1. The minimum Gasteiger partial charge on any atom is -0.494 e. The Balaban J connectivity index is 0.00000261. The van der Waals surface area contributed by atoms with Crippen LogP contribution >= 0.6 is 12.4 Å². The molecule has 2 fully saturated rings. The van der Waals surface area contributed by atoms with Gasteiger partial charge in [-0.25, -0.2) is 0 Å². The molecule has 0 aromatic heterocycles. The number of amides is 1. The standard InChI is InChI=1S/C21H32N2O3.ClH/c1-2-26-18-8-6-17(7-9-18)21(10-12-25-13-11-21)15-23-20(24)14-16-4-3-5-19(16)22;/h6-9,16,19H,2-5,10-15,22H2,1H3,(H,23,24);1H/t16-,19+;/m0./s1. The number of carbonyl (C=O) groups excluding carboxylic acids is 1. The lowest BCUT2D eigenvalue weighted by atomic mass is 9.74. The summed E-state index contributed by atoms with van der Waals surface area (Å²) in [6.07, 6.45) is 5.66. The summed E-state index contributed by atoms with van der Waals surface area (Å²) in [6.45, 7) is 4.77. The van der Waals surface area contributed by atoms with E-state index >= 15 is 0 Å². The molecule has 152 valence electrons. The lowest BCUT2D eigenvalue weighted by molar-refractivity contribution is -0.122. The molecule has 3 N–H and O–H groups in total. The summed E-state index contributed by atoms with van der Waals surface area (Å²) in [5.41, 5.74) is 7.31. The van der Waals surface area contributed by atoms with Gasteiger partial charge < -0.3 is 20.5 Å². The van der Waals surface area contributed by atoms with Gasteiger partial charge in [-0.1, -0.05) is 18.6 Å². The summed E-state index contributed by atoms with van der Waals surface area (Å²) >= 11 is 0. The Kier molecular flexibility index (Phi) is 8.39. The number of nitrogens with two attached hydrogens (primary N) is 1. The molecule has 1 heterocycles. The number of hydrogen-bond acceptors (Lipinski definition) is 4. The van der Waals surface area contributed by atoms with Crippen LogP contribution in [0.2, 0.25) is 0 Å². The van der Waals surface area contributed by atoms with E-state index in [0.717, 1.165) is 51.1 Å². The molecule has 1 saturated carbocycles. The average Bonchev–Trinajstić information content (AvgIpc) is 3.06. The van der Waals surface area contributed by atoms with E-state index in [1.54, 1.807) is 0 Å². The van der Waals surface area contributed by atoms with Crippen LogP contribution < -0.4 is 15.8 Å². The molecule has 3 rings (SSSR count). The van der Waals surface area contributed by atoms with Crippen LogP contribution in [0.5, 0.6) is 5.75 Å². The first-order valence-corrected chi connectivity index (χ1v) is 9.96.